The van der Waals surface area contributed by atoms with E-state index in [9.17, 15) is 40.3 Å². The van der Waals surface area contributed by atoms with E-state index in [0.717, 1.165) is 0 Å². The molecular formula is C24H25F7N2O2. The first-order chi connectivity index (χ1) is 16.3. The molecule has 4 aliphatic rings. The van der Waals surface area contributed by atoms with E-state index in [-0.39, 0.29) is 47.0 Å². The zero-order valence-electron chi connectivity index (χ0n) is 18.7. The lowest BCUT2D eigenvalue weighted by Crippen LogP contribution is -2.63. The van der Waals surface area contributed by atoms with Crippen molar-refractivity contribution in [3.8, 4) is 0 Å². The van der Waals surface area contributed by atoms with E-state index in [0.29, 0.717) is 69.4 Å². The molecule has 35 heavy (non-hydrogen) atoms. The van der Waals surface area contributed by atoms with Crippen LogP contribution in [0.3, 0.4) is 0 Å². The number of carbonyl (C=O) groups is 2. The van der Waals surface area contributed by atoms with Gasteiger partial charge in [-0.05, 0) is 61.5 Å². The summed E-state index contributed by atoms with van der Waals surface area (Å²) in [5.41, 5.74) is -6.38. The van der Waals surface area contributed by atoms with Crippen LogP contribution in [0.2, 0.25) is 0 Å². The summed E-state index contributed by atoms with van der Waals surface area (Å²) in [4.78, 5) is 27.0. The molecule has 2 heterocycles. The predicted molar refractivity (Wildman–Crippen MR) is 110 cm³/mol. The number of hydrogen-bond acceptors (Lipinski definition) is 2. The van der Waals surface area contributed by atoms with Crippen molar-refractivity contribution < 1.29 is 40.3 Å². The highest BCUT2D eigenvalue weighted by atomic mass is 19.4. The molecule has 0 aromatic heterocycles. The highest BCUT2D eigenvalue weighted by Gasteiger charge is 2.73. The Morgan fingerprint density at radius 2 is 1.63 bits per heavy atom. The smallest absolute Gasteiger partial charge is 0.354 e. The van der Waals surface area contributed by atoms with Crippen molar-refractivity contribution in [2.24, 2.45) is 17.3 Å². The van der Waals surface area contributed by atoms with Gasteiger partial charge in [0.1, 0.15) is 0 Å². The Morgan fingerprint density at radius 1 is 0.971 bits per heavy atom. The highest BCUT2D eigenvalue weighted by Crippen LogP contribution is 2.55. The van der Waals surface area contributed by atoms with Crippen LogP contribution in [0.25, 0.3) is 0 Å². The number of likely N-dealkylation sites (tertiary alicyclic amines) is 1. The number of benzene rings is 1. The molecule has 1 saturated carbocycles. The third-order valence-corrected chi connectivity index (χ3v) is 8.71. The molecule has 2 aliphatic heterocycles. The summed E-state index contributed by atoms with van der Waals surface area (Å²) in [6, 6.07) is 2.47. The van der Waals surface area contributed by atoms with Crippen molar-refractivity contribution in [1.29, 1.82) is 0 Å². The van der Waals surface area contributed by atoms with Crippen LogP contribution >= 0.6 is 0 Å². The van der Waals surface area contributed by atoms with E-state index in [2.05, 4.69) is 5.32 Å². The van der Waals surface area contributed by atoms with Gasteiger partial charge in [0.15, 0.2) is 0 Å². The number of nitrogens with one attached hydrogen (secondary N) is 1. The van der Waals surface area contributed by atoms with Gasteiger partial charge in [0, 0.05) is 31.1 Å². The van der Waals surface area contributed by atoms with Crippen molar-refractivity contribution in [3.63, 3.8) is 0 Å². The van der Waals surface area contributed by atoms with Crippen LogP contribution in [0.4, 0.5) is 30.7 Å². The van der Waals surface area contributed by atoms with Crippen molar-refractivity contribution >= 4 is 11.8 Å². The largest absolute Gasteiger partial charge is 0.435 e. The van der Waals surface area contributed by atoms with Crippen molar-refractivity contribution in [2.75, 3.05) is 19.6 Å². The number of nitrogens with zero attached hydrogens (tertiary/aromatic N) is 1. The Bertz CT molecular complexity index is 1030. The zero-order chi connectivity index (χ0) is 25.4. The molecule has 0 radical (unpaired) electrons. The summed E-state index contributed by atoms with van der Waals surface area (Å²) < 4.78 is 93.7. The maximum Gasteiger partial charge on any atom is 0.435 e. The maximum absolute atomic E-state index is 14.5. The first-order valence-electron chi connectivity index (χ1n) is 11.8. The predicted octanol–water partition coefficient (Wildman–Crippen LogP) is 4.77. The van der Waals surface area contributed by atoms with Crippen molar-refractivity contribution in [3.05, 3.63) is 34.9 Å². The fraction of sp³-hybridized carbons (Fsp3) is 0.667. The van der Waals surface area contributed by atoms with Gasteiger partial charge in [-0.2, -0.15) is 26.3 Å². The molecule has 1 N–H and O–H groups in total. The molecule has 0 unspecified atom stereocenters. The fourth-order valence-electron chi connectivity index (χ4n) is 6.58. The second kappa shape index (κ2) is 7.83. The maximum atomic E-state index is 14.5. The number of β-lactam (4-membered cyclic amide) rings is 1. The topological polar surface area (TPSA) is 49.4 Å². The Morgan fingerprint density at radius 3 is 2.17 bits per heavy atom. The van der Waals surface area contributed by atoms with Crippen molar-refractivity contribution in [1.82, 2.24) is 10.2 Å². The van der Waals surface area contributed by atoms with Gasteiger partial charge < -0.3 is 10.2 Å². The monoisotopic (exact) mass is 506 g/mol. The molecule has 0 bridgehead atoms. The minimum absolute atomic E-state index is 0.00377. The van der Waals surface area contributed by atoms with Gasteiger partial charge in [-0.15, -0.1) is 0 Å². The molecule has 3 fully saturated rings. The number of carbonyl (C=O) groups excluding carboxylic acids is 2. The summed E-state index contributed by atoms with van der Waals surface area (Å²) in [7, 11) is 0. The Kier molecular flexibility index (Phi) is 5.45. The average Bonchev–Trinajstić information content (AvgIpc) is 3.25. The molecule has 1 spiro atoms. The number of hydrogen-bond donors (Lipinski definition) is 1. The number of piperidine rings is 1. The third kappa shape index (κ3) is 3.55. The molecule has 1 aromatic rings. The number of amides is 2. The Balaban J connectivity index is 1.34. The zero-order valence-corrected chi connectivity index (χ0v) is 18.7. The van der Waals surface area contributed by atoms with Crippen LogP contribution in [0.1, 0.15) is 54.7 Å². The normalized spacial score (nSPS) is 28.3. The van der Waals surface area contributed by atoms with Crippen LogP contribution < -0.4 is 5.32 Å². The van der Waals surface area contributed by atoms with Crippen LogP contribution in [-0.4, -0.2) is 48.7 Å². The molecule has 2 saturated heterocycles. The third-order valence-electron chi connectivity index (χ3n) is 8.71. The standard InChI is InChI=1S/C24H25F7N2O2/c25-22(23(26,27)28,24(29,30)31)14-2-4-15-13(11-14)1-3-17-16(15)5-6-18(17)19(34)33-9-7-21(8-10-33)12-32-20(21)35/h2,4,11,16-18H,1,3,5-10,12H2,(H,32,35)/t16-,17+,18+/m0/s1. The van der Waals surface area contributed by atoms with Crippen LogP contribution in [0, 0.1) is 17.3 Å². The molecule has 1 aromatic carbocycles. The molecule has 2 aliphatic carbocycles. The van der Waals surface area contributed by atoms with E-state index >= 15 is 0 Å². The van der Waals surface area contributed by atoms with Crippen LogP contribution in [0.5, 0.6) is 0 Å². The summed E-state index contributed by atoms with van der Waals surface area (Å²) in [5.74, 6) is -0.473. The van der Waals surface area contributed by atoms with Gasteiger partial charge in [0.25, 0.3) is 0 Å². The summed E-state index contributed by atoms with van der Waals surface area (Å²) >= 11 is 0. The second-order valence-corrected chi connectivity index (χ2v) is 10.3. The van der Waals surface area contributed by atoms with Crippen LogP contribution in [0.15, 0.2) is 18.2 Å². The van der Waals surface area contributed by atoms with Gasteiger partial charge >= 0.3 is 18.0 Å². The van der Waals surface area contributed by atoms with E-state index in [1.54, 1.807) is 4.90 Å². The number of alkyl halides is 7. The van der Waals surface area contributed by atoms with E-state index < -0.39 is 23.6 Å². The minimum Gasteiger partial charge on any atom is -0.354 e. The minimum atomic E-state index is -6.14. The molecule has 3 atom stereocenters. The lowest BCUT2D eigenvalue weighted by atomic mass is 9.71. The summed E-state index contributed by atoms with van der Waals surface area (Å²) in [6.45, 7) is 1.62. The van der Waals surface area contributed by atoms with Gasteiger partial charge in [0.05, 0.1) is 5.41 Å². The van der Waals surface area contributed by atoms with Crippen molar-refractivity contribution in [2.45, 2.75) is 62.5 Å². The first-order valence-corrected chi connectivity index (χ1v) is 11.8. The molecule has 11 heteroatoms. The summed E-state index contributed by atoms with van der Waals surface area (Å²) in [6.07, 6.45) is -9.27. The molecule has 5 rings (SSSR count). The van der Waals surface area contributed by atoms with E-state index in [4.69, 9.17) is 0 Å². The summed E-state index contributed by atoms with van der Waals surface area (Å²) in [5, 5.41) is 2.75. The lowest BCUT2D eigenvalue weighted by Gasteiger charge is -2.47. The second-order valence-electron chi connectivity index (χ2n) is 10.3. The van der Waals surface area contributed by atoms with Gasteiger partial charge in [-0.3, -0.25) is 9.59 Å². The van der Waals surface area contributed by atoms with E-state index in [1.165, 1.54) is 6.07 Å². The molecular weight excluding hydrogens is 481 g/mol. The Labute approximate surface area is 197 Å². The number of fused-ring (bicyclic) bond motifs is 3. The average molecular weight is 506 g/mol. The van der Waals surface area contributed by atoms with Gasteiger partial charge in [0.2, 0.25) is 11.8 Å². The van der Waals surface area contributed by atoms with Gasteiger partial charge in [-0.25, -0.2) is 4.39 Å². The Hall–Kier alpha value is -2.33. The fourth-order valence-corrected chi connectivity index (χ4v) is 6.58. The van der Waals surface area contributed by atoms with Crippen LogP contribution in [-0.2, 0) is 21.7 Å². The lowest BCUT2D eigenvalue weighted by molar-refractivity contribution is -0.348. The SMILES string of the molecule is O=C([C@@H]1CC[C@H]2c3ccc(C(F)(C(F)(F)F)C(F)(F)F)cc3CC[C@@H]12)N1CCC2(CC1)CNC2=O. The quantitative estimate of drug-likeness (QED) is 0.464. The molecule has 2 amide bonds. The number of aryl methyl sites for hydroxylation is 1. The van der Waals surface area contributed by atoms with Gasteiger partial charge in [-0.1, -0.05) is 18.2 Å². The highest BCUT2D eigenvalue weighted by molar-refractivity contribution is 5.89. The number of halogens is 7. The van der Waals surface area contributed by atoms with E-state index in [1.807, 2.05) is 0 Å². The molecule has 192 valence electrons. The number of rotatable bonds is 2. The molecule has 4 nitrogen and oxygen atoms in total. The first kappa shape index (κ1) is 24.4.